The van der Waals surface area contributed by atoms with Crippen LogP contribution in [0.5, 0.6) is 5.75 Å². The van der Waals surface area contributed by atoms with Gasteiger partial charge in [-0.2, -0.15) is 5.10 Å². The summed E-state index contributed by atoms with van der Waals surface area (Å²) >= 11 is 12.5. The van der Waals surface area contributed by atoms with E-state index in [9.17, 15) is 9.59 Å². The quantitative estimate of drug-likeness (QED) is 0.193. The lowest BCUT2D eigenvalue weighted by molar-refractivity contribution is 0.0734. The van der Waals surface area contributed by atoms with Crippen LogP contribution in [0.25, 0.3) is 0 Å². The molecule has 3 aromatic carbocycles. The Bertz CT molecular complexity index is 1090. The molecule has 0 bridgehead atoms. The van der Waals surface area contributed by atoms with Gasteiger partial charge in [-0.3, -0.25) is 4.79 Å². The average Bonchev–Trinajstić information content (AvgIpc) is 2.70. The SMILES string of the molecule is O=C(Oc1ccc(Br)cc1/C=N/NC(=O)c1ccccc1Br)c1ccc(Cl)cc1. The zero-order valence-electron chi connectivity index (χ0n) is 14.7. The highest BCUT2D eigenvalue weighted by atomic mass is 79.9. The molecule has 3 rings (SSSR count). The zero-order valence-corrected chi connectivity index (χ0v) is 18.7. The number of nitrogens with zero attached hydrogens (tertiary/aromatic N) is 1. The van der Waals surface area contributed by atoms with Gasteiger partial charge in [0.1, 0.15) is 5.75 Å². The van der Waals surface area contributed by atoms with Crippen molar-refractivity contribution in [2.24, 2.45) is 5.10 Å². The van der Waals surface area contributed by atoms with Gasteiger partial charge in [0.15, 0.2) is 0 Å². The Balaban J connectivity index is 1.75. The second-order valence-electron chi connectivity index (χ2n) is 5.76. The molecule has 5 nitrogen and oxygen atoms in total. The molecule has 8 heteroatoms. The number of amides is 1. The van der Waals surface area contributed by atoms with Gasteiger partial charge in [-0.15, -0.1) is 0 Å². The summed E-state index contributed by atoms with van der Waals surface area (Å²) in [5, 5.41) is 4.50. The van der Waals surface area contributed by atoms with Crippen molar-refractivity contribution in [3.05, 3.63) is 97.4 Å². The molecule has 0 saturated heterocycles. The zero-order chi connectivity index (χ0) is 20.8. The number of carbonyl (C=O) groups excluding carboxylic acids is 2. The third-order valence-corrected chi connectivity index (χ3v) is 5.18. The summed E-state index contributed by atoms with van der Waals surface area (Å²) in [7, 11) is 0. The van der Waals surface area contributed by atoms with Crippen molar-refractivity contribution < 1.29 is 14.3 Å². The van der Waals surface area contributed by atoms with Crippen LogP contribution in [0.3, 0.4) is 0 Å². The van der Waals surface area contributed by atoms with Crippen molar-refractivity contribution in [3.8, 4) is 5.75 Å². The van der Waals surface area contributed by atoms with Gasteiger partial charge >= 0.3 is 5.97 Å². The fourth-order valence-corrected chi connectivity index (χ4v) is 3.29. The minimum absolute atomic E-state index is 0.298. The summed E-state index contributed by atoms with van der Waals surface area (Å²) in [6, 6.07) is 18.5. The normalized spacial score (nSPS) is 10.7. The molecule has 0 fully saturated rings. The number of rotatable bonds is 5. The maximum Gasteiger partial charge on any atom is 0.343 e. The first kappa shape index (κ1) is 21.2. The molecule has 0 heterocycles. The minimum atomic E-state index is -0.532. The predicted molar refractivity (Wildman–Crippen MR) is 120 cm³/mol. The summed E-state index contributed by atoms with van der Waals surface area (Å²) < 4.78 is 6.90. The number of hydrogen-bond acceptors (Lipinski definition) is 4. The fraction of sp³-hybridized carbons (Fsp3) is 0. The van der Waals surface area contributed by atoms with Crippen LogP contribution in [0.1, 0.15) is 26.3 Å². The first-order valence-corrected chi connectivity index (χ1v) is 10.3. The smallest absolute Gasteiger partial charge is 0.343 e. The summed E-state index contributed by atoms with van der Waals surface area (Å²) in [6.07, 6.45) is 1.41. The van der Waals surface area contributed by atoms with Gasteiger partial charge in [0, 0.05) is 19.5 Å². The van der Waals surface area contributed by atoms with Gasteiger partial charge in [0.2, 0.25) is 0 Å². The molecule has 3 aromatic rings. The molecule has 0 spiro atoms. The van der Waals surface area contributed by atoms with Crippen LogP contribution in [0.4, 0.5) is 0 Å². The van der Waals surface area contributed by atoms with Crippen molar-refractivity contribution >= 4 is 61.6 Å². The summed E-state index contributed by atoms with van der Waals surface area (Å²) in [5.41, 5.74) is 3.78. The Hall–Kier alpha value is -2.48. The highest BCUT2D eigenvalue weighted by Gasteiger charge is 2.12. The van der Waals surface area contributed by atoms with Gasteiger partial charge < -0.3 is 4.74 Å². The second-order valence-corrected chi connectivity index (χ2v) is 7.96. The Labute approximate surface area is 189 Å². The third-order valence-electron chi connectivity index (χ3n) is 3.74. The van der Waals surface area contributed by atoms with E-state index in [-0.39, 0.29) is 5.91 Å². The molecule has 0 unspecified atom stereocenters. The van der Waals surface area contributed by atoms with Crippen molar-refractivity contribution in [1.82, 2.24) is 5.43 Å². The number of carbonyl (C=O) groups is 2. The maximum atomic E-state index is 12.4. The Kier molecular flexibility index (Phi) is 7.19. The molecule has 0 aliphatic carbocycles. The Morgan fingerprint density at radius 2 is 1.72 bits per heavy atom. The van der Waals surface area contributed by atoms with Gasteiger partial charge in [0.05, 0.1) is 17.3 Å². The molecule has 0 atom stereocenters. The summed E-state index contributed by atoms with van der Waals surface area (Å²) in [4.78, 5) is 24.6. The van der Waals surface area contributed by atoms with Gasteiger partial charge in [0.25, 0.3) is 5.91 Å². The molecule has 0 aromatic heterocycles. The van der Waals surface area contributed by atoms with E-state index in [1.54, 1.807) is 60.7 Å². The number of ether oxygens (including phenoxy) is 1. The molecule has 29 heavy (non-hydrogen) atoms. The van der Waals surface area contributed by atoms with E-state index in [0.717, 1.165) is 4.47 Å². The van der Waals surface area contributed by atoms with Gasteiger partial charge in [-0.1, -0.05) is 39.7 Å². The fourth-order valence-electron chi connectivity index (χ4n) is 2.32. The van der Waals surface area contributed by atoms with Crippen LogP contribution < -0.4 is 10.2 Å². The monoisotopic (exact) mass is 534 g/mol. The molecular weight excluding hydrogens is 524 g/mol. The number of benzene rings is 3. The number of halogens is 3. The van der Waals surface area contributed by atoms with Gasteiger partial charge in [-0.25, -0.2) is 10.2 Å². The highest BCUT2D eigenvalue weighted by molar-refractivity contribution is 9.10. The van der Waals surface area contributed by atoms with Crippen LogP contribution in [-0.4, -0.2) is 18.1 Å². The standard InChI is InChI=1S/C21H13Br2ClN2O3/c22-15-7-10-19(29-21(28)13-5-8-16(24)9-6-13)14(11-15)12-25-26-20(27)17-3-1-2-4-18(17)23/h1-12H,(H,26,27)/b25-12+. The van der Waals surface area contributed by atoms with E-state index in [4.69, 9.17) is 16.3 Å². The van der Waals surface area contributed by atoms with E-state index in [1.165, 1.54) is 6.21 Å². The molecule has 1 amide bonds. The molecule has 0 aliphatic rings. The lowest BCUT2D eigenvalue weighted by Crippen LogP contribution is -2.18. The molecule has 0 aliphatic heterocycles. The van der Waals surface area contributed by atoms with Crippen LogP contribution in [-0.2, 0) is 0 Å². The lowest BCUT2D eigenvalue weighted by atomic mass is 10.2. The molecular formula is C21H13Br2ClN2O3. The topological polar surface area (TPSA) is 67.8 Å². The van der Waals surface area contributed by atoms with E-state index < -0.39 is 5.97 Å². The molecule has 146 valence electrons. The van der Waals surface area contributed by atoms with Crippen molar-refractivity contribution in [1.29, 1.82) is 0 Å². The largest absolute Gasteiger partial charge is 0.422 e. The van der Waals surface area contributed by atoms with Crippen LogP contribution >= 0.6 is 43.5 Å². The first-order valence-electron chi connectivity index (χ1n) is 8.29. The number of hydrogen-bond donors (Lipinski definition) is 1. The Morgan fingerprint density at radius 1 is 1.00 bits per heavy atom. The van der Waals surface area contributed by atoms with Crippen molar-refractivity contribution in [2.75, 3.05) is 0 Å². The van der Waals surface area contributed by atoms with E-state index in [2.05, 4.69) is 42.4 Å². The number of esters is 1. The molecule has 0 saturated carbocycles. The second kappa shape index (κ2) is 9.82. The van der Waals surface area contributed by atoms with Crippen molar-refractivity contribution in [3.63, 3.8) is 0 Å². The summed E-state index contributed by atoms with van der Waals surface area (Å²) in [6.45, 7) is 0. The lowest BCUT2D eigenvalue weighted by Gasteiger charge is -2.08. The van der Waals surface area contributed by atoms with Crippen molar-refractivity contribution in [2.45, 2.75) is 0 Å². The number of hydrazone groups is 1. The Morgan fingerprint density at radius 3 is 2.45 bits per heavy atom. The van der Waals surface area contributed by atoms with E-state index in [0.29, 0.717) is 31.9 Å². The van der Waals surface area contributed by atoms with Crippen LogP contribution in [0.15, 0.2) is 80.8 Å². The summed E-state index contributed by atoms with van der Waals surface area (Å²) in [5.74, 6) is -0.605. The molecule has 1 N–H and O–H groups in total. The van der Waals surface area contributed by atoms with Gasteiger partial charge in [-0.05, 0) is 70.5 Å². The predicted octanol–water partition coefficient (Wildman–Crippen LogP) is 5.85. The minimum Gasteiger partial charge on any atom is -0.422 e. The highest BCUT2D eigenvalue weighted by Crippen LogP contribution is 2.23. The van der Waals surface area contributed by atoms with E-state index in [1.807, 2.05) is 6.07 Å². The molecule has 0 radical (unpaired) electrons. The van der Waals surface area contributed by atoms with Crippen LogP contribution in [0, 0.1) is 0 Å². The average molecular weight is 537 g/mol. The first-order chi connectivity index (χ1) is 13.9. The van der Waals surface area contributed by atoms with E-state index >= 15 is 0 Å². The number of nitrogens with one attached hydrogen (secondary N) is 1. The maximum absolute atomic E-state index is 12.4. The third kappa shape index (κ3) is 5.76. The van der Waals surface area contributed by atoms with Crippen LogP contribution in [0.2, 0.25) is 5.02 Å².